The van der Waals surface area contributed by atoms with Crippen LogP contribution in [0.2, 0.25) is 0 Å². The van der Waals surface area contributed by atoms with Crippen LogP contribution in [-0.2, 0) is 6.42 Å². The predicted molar refractivity (Wildman–Crippen MR) is 63.8 cm³/mol. The molecular weight excluding hydrogens is 202 g/mol. The summed E-state index contributed by atoms with van der Waals surface area (Å²) in [7, 11) is 0. The third kappa shape index (κ3) is 3.22. The average Bonchev–Trinajstić information content (AvgIpc) is 2.33. The number of rotatable bonds is 4. The van der Waals surface area contributed by atoms with Crippen molar-refractivity contribution in [3.05, 3.63) is 29.8 Å². The van der Waals surface area contributed by atoms with E-state index in [1.807, 2.05) is 24.3 Å². The van der Waals surface area contributed by atoms with E-state index in [1.54, 1.807) is 0 Å². The maximum absolute atomic E-state index is 8.81. The quantitative estimate of drug-likeness (QED) is 0.806. The third-order valence-electron chi connectivity index (χ3n) is 2.88. The topological polar surface area (TPSA) is 41.5 Å². The second-order valence-corrected chi connectivity index (χ2v) is 4.20. The highest BCUT2D eigenvalue weighted by Gasteiger charge is 2.13. The van der Waals surface area contributed by atoms with E-state index in [0.717, 1.165) is 30.8 Å². The molecule has 2 rings (SSSR count). The summed E-state index contributed by atoms with van der Waals surface area (Å²) in [6.45, 7) is 2.25. The van der Waals surface area contributed by atoms with E-state index in [4.69, 9.17) is 9.84 Å². The molecule has 16 heavy (non-hydrogen) atoms. The Labute approximate surface area is 96.4 Å². The minimum atomic E-state index is 0.201. The fourth-order valence-corrected chi connectivity index (χ4v) is 1.98. The zero-order valence-corrected chi connectivity index (χ0v) is 9.48. The van der Waals surface area contributed by atoms with Gasteiger partial charge in [-0.25, -0.2) is 0 Å². The van der Waals surface area contributed by atoms with E-state index in [0.29, 0.717) is 12.5 Å². The smallest absolute Gasteiger partial charge is 0.119 e. The Kier molecular flexibility index (Phi) is 4.19. The van der Waals surface area contributed by atoms with Crippen molar-refractivity contribution in [1.29, 1.82) is 0 Å². The molecule has 0 aliphatic carbocycles. The van der Waals surface area contributed by atoms with Gasteiger partial charge < -0.3 is 15.2 Å². The summed E-state index contributed by atoms with van der Waals surface area (Å²) >= 11 is 0. The average molecular weight is 221 g/mol. The molecule has 0 amide bonds. The van der Waals surface area contributed by atoms with Crippen LogP contribution in [0.5, 0.6) is 5.75 Å². The summed E-state index contributed by atoms with van der Waals surface area (Å²) < 4.78 is 5.86. The molecule has 0 saturated carbocycles. The lowest BCUT2D eigenvalue weighted by Gasteiger charge is -2.23. The molecular formula is C13H19NO2. The summed E-state index contributed by atoms with van der Waals surface area (Å²) in [5.41, 5.74) is 1.15. The molecule has 1 aliphatic heterocycles. The summed E-state index contributed by atoms with van der Waals surface area (Å²) in [5, 5.41) is 12.1. The van der Waals surface area contributed by atoms with Crippen LogP contribution in [0.1, 0.15) is 18.4 Å². The van der Waals surface area contributed by atoms with Crippen LogP contribution in [0.25, 0.3) is 0 Å². The molecule has 0 aromatic heterocycles. The van der Waals surface area contributed by atoms with Crippen molar-refractivity contribution in [2.75, 3.05) is 19.7 Å². The first-order valence-electron chi connectivity index (χ1n) is 5.95. The zero-order valence-electron chi connectivity index (χ0n) is 9.48. The van der Waals surface area contributed by atoms with Crippen molar-refractivity contribution in [1.82, 2.24) is 5.32 Å². The molecule has 3 nitrogen and oxygen atoms in total. The van der Waals surface area contributed by atoms with Gasteiger partial charge in [0, 0.05) is 13.2 Å². The molecule has 1 aromatic carbocycles. The number of hydrogen-bond donors (Lipinski definition) is 2. The van der Waals surface area contributed by atoms with Crippen LogP contribution in [0.15, 0.2) is 24.3 Å². The lowest BCUT2D eigenvalue weighted by molar-refractivity contribution is 0.167. The lowest BCUT2D eigenvalue weighted by Crippen LogP contribution is -2.37. The molecule has 1 fully saturated rings. The minimum Gasteiger partial charge on any atom is -0.489 e. The van der Waals surface area contributed by atoms with Gasteiger partial charge in [-0.15, -0.1) is 0 Å². The van der Waals surface area contributed by atoms with Gasteiger partial charge in [0.2, 0.25) is 0 Å². The maximum Gasteiger partial charge on any atom is 0.119 e. The predicted octanol–water partition coefficient (Wildman–Crippen LogP) is 1.35. The van der Waals surface area contributed by atoms with Gasteiger partial charge in [-0.2, -0.15) is 0 Å². The van der Waals surface area contributed by atoms with Gasteiger partial charge in [0.1, 0.15) is 11.9 Å². The molecule has 1 unspecified atom stereocenters. The van der Waals surface area contributed by atoms with E-state index in [2.05, 4.69) is 5.32 Å². The number of nitrogens with one attached hydrogen (secondary N) is 1. The maximum atomic E-state index is 8.81. The highest BCUT2D eigenvalue weighted by Crippen LogP contribution is 2.16. The van der Waals surface area contributed by atoms with E-state index >= 15 is 0 Å². The number of aliphatic hydroxyl groups excluding tert-OH is 1. The van der Waals surface area contributed by atoms with Crippen LogP contribution in [0, 0.1) is 0 Å². The van der Waals surface area contributed by atoms with Crippen molar-refractivity contribution < 1.29 is 9.84 Å². The monoisotopic (exact) mass is 221 g/mol. The van der Waals surface area contributed by atoms with Gasteiger partial charge in [0.15, 0.2) is 0 Å². The Bertz CT molecular complexity index is 304. The Hall–Kier alpha value is -1.06. The Morgan fingerprint density at radius 3 is 2.75 bits per heavy atom. The second-order valence-electron chi connectivity index (χ2n) is 4.20. The molecule has 2 N–H and O–H groups in total. The highest BCUT2D eigenvalue weighted by atomic mass is 16.5. The van der Waals surface area contributed by atoms with Crippen molar-refractivity contribution in [3.63, 3.8) is 0 Å². The van der Waals surface area contributed by atoms with E-state index < -0.39 is 0 Å². The van der Waals surface area contributed by atoms with Gasteiger partial charge in [-0.05, 0) is 43.5 Å². The molecule has 1 atom stereocenters. The number of aliphatic hydroxyl groups is 1. The zero-order chi connectivity index (χ0) is 11.2. The van der Waals surface area contributed by atoms with Crippen molar-refractivity contribution in [2.45, 2.75) is 25.4 Å². The van der Waals surface area contributed by atoms with Gasteiger partial charge in [-0.3, -0.25) is 0 Å². The van der Waals surface area contributed by atoms with Gasteiger partial charge in [-0.1, -0.05) is 12.1 Å². The molecule has 1 saturated heterocycles. The number of benzene rings is 1. The molecule has 0 radical (unpaired) electrons. The van der Waals surface area contributed by atoms with Gasteiger partial charge >= 0.3 is 0 Å². The Balaban J connectivity index is 1.88. The molecule has 1 aromatic rings. The second kappa shape index (κ2) is 5.87. The van der Waals surface area contributed by atoms with Crippen LogP contribution < -0.4 is 10.1 Å². The van der Waals surface area contributed by atoms with E-state index in [1.165, 1.54) is 6.42 Å². The van der Waals surface area contributed by atoms with Gasteiger partial charge in [0.05, 0.1) is 0 Å². The SMILES string of the molecule is OCCc1ccc(OC2CCCNC2)cc1. The lowest BCUT2D eigenvalue weighted by atomic mass is 10.1. The highest BCUT2D eigenvalue weighted by molar-refractivity contribution is 5.27. The minimum absolute atomic E-state index is 0.201. The molecule has 1 aliphatic rings. The largest absolute Gasteiger partial charge is 0.489 e. The number of piperidine rings is 1. The number of ether oxygens (including phenoxy) is 1. The molecule has 0 bridgehead atoms. The van der Waals surface area contributed by atoms with Crippen molar-refractivity contribution in [3.8, 4) is 5.75 Å². The fraction of sp³-hybridized carbons (Fsp3) is 0.538. The van der Waals surface area contributed by atoms with Crippen molar-refractivity contribution >= 4 is 0 Å². The first-order chi connectivity index (χ1) is 7.88. The fourth-order valence-electron chi connectivity index (χ4n) is 1.98. The van der Waals surface area contributed by atoms with E-state index in [9.17, 15) is 0 Å². The van der Waals surface area contributed by atoms with E-state index in [-0.39, 0.29) is 6.61 Å². The summed E-state index contributed by atoms with van der Waals surface area (Å²) in [4.78, 5) is 0. The summed E-state index contributed by atoms with van der Waals surface area (Å²) in [5.74, 6) is 0.926. The Morgan fingerprint density at radius 1 is 1.31 bits per heavy atom. The first kappa shape index (κ1) is 11.4. The van der Waals surface area contributed by atoms with Crippen LogP contribution in [0.3, 0.4) is 0 Å². The van der Waals surface area contributed by atoms with Crippen LogP contribution >= 0.6 is 0 Å². The standard InChI is InChI=1S/C13H19NO2/c15-9-7-11-3-5-12(6-4-11)16-13-2-1-8-14-10-13/h3-6,13-15H,1-2,7-10H2. The van der Waals surface area contributed by atoms with Crippen LogP contribution in [-0.4, -0.2) is 30.9 Å². The normalized spacial score (nSPS) is 20.7. The summed E-state index contributed by atoms with van der Waals surface area (Å²) in [6, 6.07) is 8.00. The van der Waals surface area contributed by atoms with Crippen molar-refractivity contribution in [2.24, 2.45) is 0 Å². The van der Waals surface area contributed by atoms with Gasteiger partial charge in [0.25, 0.3) is 0 Å². The molecule has 0 spiro atoms. The number of hydrogen-bond acceptors (Lipinski definition) is 3. The van der Waals surface area contributed by atoms with Crippen LogP contribution in [0.4, 0.5) is 0 Å². The Morgan fingerprint density at radius 2 is 2.12 bits per heavy atom. The molecule has 1 heterocycles. The first-order valence-corrected chi connectivity index (χ1v) is 5.95. The molecule has 3 heteroatoms. The summed E-state index contributed by atoms with van der Waals surface area (Å²) in [6.07, 6.45) is 3.33. The third-order valence-corrected chi connectivity index (χ3v) is 2.88. The molecule has 88 valence electrons.